The molecule has 0 aromatic rings. The summed E-state index contributed by atoms with van der Waals surface area (Å²) < 4.78 is 0. The minimum atomic E-state index is 0.457. The van der Waals surface area contributed by atoms with Gasteiger partial charge in [-0.05, 0) is 56.5 Å². The second-order valence-electron chi connectivity index (χ2n) is 7.62. The zero-order chi connectivity index (χ0) is 13.9. The largest absolute Gasteiger partial charge is 0.312 e. The van der Waals surface area contributed by atoms with Crippen molar-refractivity contribution in [1.29, 1.82) is 0 Å². The molecular weight excluding hydrogens is 232 g/mol. The zero-order valence-corrected chi connectivity index (χ0v) is 13.5. The SMILES string of the molecule is CCCNC1C(N2CCCC(C)C2)CCCC1(C)C. The molecule has 112 valence electrons. The fraction of sp³-hybridized carbons (Fsp3) is 1.00. The molecule has 19 heavy (non-hydrogen) atoms. The maximum atomic E-state index is 3.88. The molecule has 1 aliphatic heterocycles. The van der Waals surface area contributed by atoms with E-state index in [4.69, 9.17) is 0 Å². The molecule has 0 aromatic carbocycles. The Morgan fingerprint density at radius 1 is 1.21 bits per heavy atom. The van der Waals surface area contributed by atoms with Crippen LogP contribution in [0.3, 0.4) is 0 Å². The number of hydrogen-bond acceptors (Lipinski definition) is 2. The van der Waals surface area contributed by atoms with E-state index in [9.17, 15) is 0 Å². The number of likely N-dealkylation sites (tertiary alicyclic amines) is 1. The number of nitrogens with one attached hydrogen (secondary N) is 1. The Morgan fingerprint density at radius 3 is 2.68 bits per heavy atom. The Balaban J connectivity index is 2.06. The molecule has 2 nitrogen and oxygen atoms in total. The lowest BCUT2D eigenvalue weighted by molar-refractivity contribution is 0.0264. The monoisotopic (exact) mass is 266 g/mol. The third-order valence-electron chi connectivity index (χ3n) is 5.32. The van der Waals surface area contributed by atoms with Gasteiger partial charge in [0, 0.05) is 18.6 Å². The smallest absolute Gasteiger partial charge is 0.0274 e. The predicted molar refractivity (Wildman–Crippen MR) is 83.5 cm³/mol. The van der Waals surface area contributed by atoms with Gasteiger partial charge in [-0.15, -0.1) is 0 Å². The minimum absolute atomic E-state index is 0.457. The molecule has 1 saturated heterocycles. The van der Waals surface area contributed by atoms with Gasteiger partial charge < -0.3 is 5.32 Å². The molecule has 1 aliphatic carbocycles. The summed E-state index contributed by atoms with van der Waals surface area (Å²) in [4.78, 5) is 2.81. The molecule has 2 heteroatoms. The van der Waals surface area contributed by atoms with Crippen LogP contribution in [0.4, 0.5) is 0 Å². The second kappa shape index (κ2) is 6.58. The summed E-state index contributed by atoms with van der Waals surface area (Å²) in [5.41, 5.74) is 0.457. The van der Waals surface area contributed by atoms with E-state index in [1.54, 1.807) is 0 Å². The predicted octanol–water partition coefficient (Wildman–Crippen LogP) is 3.67. The summed E-state index contributed by atoms with van der Waals surface area (Å²) in [6, 6.07) is 1.46. The van der Waals surface area contributed by atoms with Crippen molar-refractivity contribution in [2.75, 3.05) is 19.6 Å². The lowest BCUT2D eigenvalue weighted by atomic mass is 9.70. The number of nitrogens with zero attached hydrogens (tertiary/aromatic N) is 1. The van der Waals surface area contributed by atoms with E-state index in [0.717, 1.165) is 12.0 Å². The van der Waals surface area contributed by atoms with Crippen LogP contribution in [0.1, 0.15) is 66.2 Å². The van der Waals surface area contributed by atoms with Crippen molar-refractivity contribution in [3.05, 3.63) is 0 Å². The molecule has 0 amide bonds. The number of hydrogen-bond donors (Lipinski definition) is 1. The number of rotatable bonds is 4. The molecule has 0 radical (unpaired) electrons. The Kier molecular flexibility index (Phi) is 5.30. The molecule has 3 unspecified atom stereocenters. The van der Waals surface area contributed by atoms with Gasteiger partial charge in [-0.2, -0.15) is 0 Å². The summed E-state index contributed by atoms with van der Waals surface area (Å²) in [6.45, 7) is 13.5. The lowest BCUT2D eigenvalue weighted by Gasteiger charge is -2.50. The van der Waals surface area contributed by atoms with Crippen molar-refractivity contribution in [3.8, 4) is 0 Å². The maximum absolute atomic E-state index is 3.88. The molecule has 1 N–H and O–H groups in total. The third kappa shape index (κ3) is 3.72. The van der Waals surface area contributed by atoms with Gasteiger partial charge in [0.25, 0.3) is 0 Å². The lowest BCUT2D eigenvalue weighted by Crippen LogP contribution is -2.60. The Labute approximate surface area is 120 Å². The van der Waals surface area contributed by atoms with Gasteiger partial charge in [-0.1, -0.05) is 34.1 Å². The van der Waals surface area contributed by atoms with Crippen LogP contribution in [0, 0.1) is 11.3 Å². The van der Waals surface area contributed by atoms with Crippen LogP contribution in [0.2, 0.25) is 0 Å². The van der Waals surface area contributed by atoms with Crippen LogP contribution < -0.4 is 5.32 Å². The van der Waals surface area contributed by atoms with Crippen molar-refractivity contribution in [1.82, 2.24) is 10.2 Å². The summed E-state index contributed by atoms with van der Waals surface area (Å²) in [7, 11) is 0. The average Bonchev–Trinajstić information content (AvgIpc) is 2.36. The van der Waals surface area contributed by atoms with Crippen LogP contribution in [0.5, 0.6) is 0 Å². The molecule has 2 rings (SSSR count). The van der Waals surface area contributed by atoms with Gasteiger partial charge in [-0.3, -0.25) is 4.90 Å². The summed E-state index contributed by atoms with van der Waals surface area (Å²) in [6.07, 6.45) is 8.27. The highest BCUT2D eigenvalue weighted by Crippen LogP contribution is 2.38. The van der Waals surface area contributed by atoms with E-state index >= 15 is 0 Å². The quantitative estimate of drug-likeness (QED) is 0.835. The van der Waals surface area contributed by atoms with Crippen LogP contribution in [-0.2, 0) is 0 Å². The van der Waals surface area contributed by atoms with Crippen molar-refractivity contribution >= 4 is 0 Å². The van der Waals surface area contributed by atoms with Gasteiger partial charge in [0.15, 0.2) is 0 Å². The number of piperidine rings is 1. The fourth-order valence-corrected chi connectivity index (χ4v) is 4.24. The summed E-state index contributed by atoms with van der Waals surface area (Å²) >= 11 is 0. The van der Waals surface area contributed by atoms with E-state index in [0.29, 0.717) is 11.5 Å². The first kappa shape index (κ1) is 15.3. The molecule has 2 fully saturated rings. The van der Waals surface area contributed by atoms with Gasteiger partial charge in [0.1, 0.15) is 0 Å². The molecular formula is C17H34N2. The molecule has 1 heterocycles. The van der Waals surface area contributed by atoms with Gasteiger partial charge in [0.05, 0.1) is 0 Å². The van der Waals surface area contributed by atoms with Crippen molar-refractivity contribution in [2.45, 2.75) is 78.3 Å². The average molecular weight is 266 g/mol. The highest BCUT2D eigenvalue weighted by molar-refractivity contribution is 4.98. The van der Waals surface area contributed by atoms with Crippen LogP contribution in [0.25, 0.3) is 0 Å². The molecule has 3 atom stereocenters. The van der Waals surface area contributed by atoms with Crippen LogP contribution in [0.15, 0.2) is 0 Å². The molecule has 1 saturated carbocycles. The summed E-state index contributed by atoms with van der Waals surface area (Å²) in [5, 5.41) is 3.88. The highest BCUT2D eigenvalue weighted by Gasteiger charge is 2.41. The minimum Gasteiger partial charge on any atom is -0.312 e. The standard InChI is InChI=1S/C17H34N2/c1-5-11-18-16-15(9-6-10-17(16,3)4)19-12-7-8-14(2)13-19/h14-16,18H,5-13H2,1-4H3. The molecule has 0 aromatic heterocycles. The van der Waals surface area contributed by atoms with E-state index in [1.165, 1.54) is 58.2 Å². The van der Waals surface area contributed by atoms with E-state index < -0.39 is 0 Å². The Morgan fingerprint density at radius 2 is 2.00 bits per heavy atom. The summed E-state index contributed by atoms with van der Waals surface area (Å²) in [5.74, 6) is 0.894. The van der Waals surface area contributed by atoms with Gasteiger partial charge in [-0.25, -0.2) is 0 Å². The topological polar surface area (TPSA) is 15.3 Å². The maximum Gasteiger partial charge on any atom is 0.0274 e. The van der Waals surface area contributed by atoms with E-state index in [2.05, 4.69) is 37.9 Å². The van der Waals surface area contributed by atoms with Crippen LogP contribution >= 0.6 is 0 Å². The van der Waals surface area contributed by atoms with Crippen LogP contribution in [-0.4, -0.2) is 36.6 Å². The van der Waals surface area contributed by atoms with Crippen molar-refractivity contribution < 1.29 is 0 Å². The van der Waals surface area contributed by atoms with E-state index in [-0.39, 0.29) is 0 Å². The first-order chi connectivity index (χ1) is 9.04. The Bertz CT molecular complexity index is 274. The van der Waals surface area contributed by atoms with Gasteiger partial charge >= 0.3 is 0 Å². The fourth-order valence-electron chi connectivity index (χ4n) is 4.24. The molecule has 0 spiro atoms. The highest BCUT2D eigenvalue weighted by atomic mass is 15.2. The molecule has 2 aliphatic rings. The second-order valence-corrected chi connectivity index (χ2v) is 7.62. The Hall–Kier alpha value is -0.0800. The van der Waals surface area contributed by atoms with E-state index in [1.807, 2.05) is 0 Å². The zero-order valence-electron chi connectivity index (χ0n) is 13.5. The van der Waals surface area contributed by atoms with Crippen molar-refractivity contribution in [2.24, 2.45) is 11.3 Å². The van der Waals surface area contributed by atoms with Crippen molar-refractivity contribution in [3.63, 3.8) is 0 Å². The first-order valence-corrected chi connectivity index (χ1v) is 8.52. The first-order valence-electron chi connectivity index (χ1n) is 8.52. The normalized spacial score (nSPS) is 36.3. The van der Waals surface area contributed by atoms with Gasteiger partial charge in [0.2, 0.25) is 0 Å². The third-order valence-corrected chi connectivity index (χ3v) is 5.32. The molecule has 0 bridgehead atoms.